The van der Waals surface area contributed by atoms with Gasteiger partial charge in [0.15, 0.2) is 0 Å². The first-order chi connectivity index (χ1) is 9.08. The van der Waals surface area contributed by atoms with Crippen LogP contribution in [0.3, 0.4) is 0 Å². The summed E-state index contributed by atoms with van der Waals surface area (Å²) in [5.41, 5.74) is 0.126. The van der Waals surface area contributed by atoms with E-state index >= 15 is 0 Å². The third-order valence-corrected chi connectivity index (χ3v) is 3.40. The molecule has 0 unspecified atom stereocenters. The zero-order valence-electron chi connectivity index (χ0n) is 10.1. The fourth-order valence-electron chi connectivity index (χ4n) is 1.93. The summed E-state index contributed by atoms with van der Waals surface area (Å²) in [5.74, 6) is -0.422. The highest BCUT2D eigenvalue weighted by molar-refractivity contribution is 9.10. The van der Waals surface area contributed by atoms with Gasteiger partial charge in [-0.25, -0.2) is 9.18 Å². The van der Waals surface area contributed by atoms with Gasteiger partial charge >= 0.3 is 6.03 Å². The quantitative estimate of drug-likeness (QED) is 0.747. The predicted molar refractivity (Wildman–Crippen MR) is 74.4 cm³/mol. The highest BCUT2D eigenvalue weighted by Crippen LogP contribution is 2.20. The molecule has 1 aromatic rings. The maximum Gasteiger partial charge on any atom is 0.319 e. The maximum atomic E-state index is 13.5. The Morgan fingerprint density at radius 1 is 1.47 bits per heavy atom. The van der Waals surface area contributed by atoms with Crippen LogP contribution in [0.15, 0.2) is 34.8 Å². The summed E-state index contributed by atoms with van der Waals surface area (Å²) in [6, 6.07) is 3.83. The monoisotopic (exact) mass is 328 g/mol. The summed E-state index contributed by atoms with van der Waals surface area (Å²) < 4.78 is 14.1. The van der Waals surface area contributed by atoms with Crippen molar-refractivity contribution in [2.75, 3.05) is 11.9 Å². The smallest absolute Gasteiger partial charge is 0.319 e. The molecule has 3 N–H and O–H groups in total. The lowest BCUT2D eigenvalue weighted by atomic mass is 10.1. The Morgan fingerprint density at radius 3 is 2.89 bits per heavy atom. The second-order valence-corrected chi connectivity index (χ2v) is 5.31. The number of carbonyl (C=O) groups is 1. The van der Waals surface area contributed by atoms with E-state index in [1.807, 2.05) is 12.2 Å². The van der Waals surface area contributed by atoms with Crippen molar-refractivity contribution in [3.05, 3.63) is 40.6 Å². The Bertz CT molecular complexity index is 507. The summed E-state index contributed by atoms with van der Waals surface area (Å²) in [4.78, 5) is 11.7. The number of halogens is 2. The third kappa shape index (κ3) is 3.78. The van der Waals surface area contributed by atoms with Crippen LogP contribution < -0.4 is 10.6 Å². The van der Waals surface area contributed by atoms with E-state index in [2.05, 4.69) is 26.6 Å². The Labute approximate surface area is 118 Å². The standard InChI is InChI=1S/C13H14BrFN2O2/c14-9-2-4-12(11(15)6-9)17-13(19)16-10-3-1-8(5-10)7-18/h1-4,6,8,10,18H,5,7H2,(H2,16,17,19)/t8-,10+/m0/s1. The molecule has 0 bridgehead atoms. The molecular formula is C13H14BrFN2O2. The molecule has 6 heteroatoms. The summed E-state index contributed by atoms with van der Waals surface area (Å²) >= 11 is 3.15. The van der Waals surface area contributed by atoms with E-state index < -0.39 is 11.8 Å². The molecule has 0 spiro atoms. The van der Waals surface area contributed by atoms with Gasteiger partial charge in [0.2, 0.25) is 0 Å². The minimum absolute atomic E-state index is 0.0671. The largest absolute Gasteiger partial charge is 0.396 e. The SMILES string of the molecule is O=C(Nc1ccc(Br)cc1F)N[C@@H]1C=C[C@H](CO)C1. The number of rotatable bonds is 3. The zero-order valence-corrected chi connectivity index (χ0v) is 11.7. The maximum absolute atomic E-state index is 13.5. The topological polar surface area (TPSA) is 61.4 Å². The number of hydrogen-bond donors (Lipinski definition) is 3. The second-order valence-electron chi connectivity index (χ2n) is 4.39. The fourth-order valence-corrected chi connectivity index (χ4v) is 2.27. The first-order valence-electron chi connectivity index (χ1n) is 5.90. The highest BCUT2D eigenvalue weighted by Gasteiger charge is 2.20. The molecular weight excluding hydrogens is 315 g/mol. The Balaban J connectivity index is 1.90. The average Bonchev–Trinajstić information content (AvgIpc) is 2.80. The van der Waals surface area contributed by atoms with Crippen molar-refractivity contribution in [2.24, 2.45) is 5.92 Å². The van der Waals surface area contributed by atoms with Gasteiger partial charge in [0.25, 0.3) is 0 Å². The molecule has 1 aromatic carbocycles. The number of aliphatic hydroxyl groups is 1. The summed E-state index contributed by atoms with van der Waals surface area (Å²) in [5, 5.41) is 14.1. The van der Waals surface area contributed by atoms with Crippen LogP contribution in [0.25, 0.3) is 0 Å². The Kier molecular flexibility index (Phi) is 4.55. The van der Waals surface area contributed by atoms with Crippen LogP contribution in [0.5, 0.6) is 0 Å². The molecule has 1 aliphatic rings. The number of benzene rings is 1. The first-order valence-corrected chi connectivity index (χ1v) is 6.69. The van der Waals surface area contributed by atoms with Gasteiger partial charge in [0.1, 0.15) is 5.82 Å². The number of hydrogen-bond acceptors (Lipinski definition) is 2. The van der Waals surface area contributed by atoms with Crippen LogP contribution in [0.2, 0.25) is 0 Å². The van der Waals surface area contributed by atoms with Gasteiger partial charge in [-0.1, -0.05) is 28.1 Å². The average molecular weight is 329 g/mol. The van der Waals surface area contributed by atoms with Crippen molar-refractivity contribution in [1.29, 1.82) is 0 Å². The van der Waals surface area contributed by atoms with Gasteiger partial charge in [-0.3, -0.25) is 0 Å². The highest BCUT2D eigenvalue weighted by atomic mass is 79.9. The van der Waals surface area contributed by atoms with E-state index in [9.17, 15) is 9.18 Å². The molecule has 4 nitrogen and oxygen atoms in total. The van der Waals surface area contributed by atoms with Gasteiger partial charge < -0.3 is 15.7 Å². The van der Waals surface area contributed by atoms with Crippen LogP contribution >= 0.6 is 15.9 Å². The molecule has 102 valence electrons. The molecule has 0 radical (unpaired) electrons. The Hall–Kier alpha value is -1.40. The minimum Gasteiger partial charge on any atom is -0.396 e. The van der Waals surface area contributed by atoms with Gasteiger partial charge in [0, 0.05) is 23.0 Å². The lowest BCUT2D eigenvalue weighted by molar-refractivity contribution is 0.238. The number of nitrogens with one attached hydrogen (secondary N) is 2. The summed E-state index contributed by atoms with van der Waals surface area (Å²) in [6.07, 6.45) is 4.36. The third-order valence-electron chi connectivity index (χ3n) is 2.90. The van der Waals surface area contributed by atoms with Crippen LogP contribution in [-0.4, -0.2) is 23.8 Å². The zero-order chi connectivity index (χ0) is 13.8. The molecule has 0 fully saturated rings. The van der Waals surface area contributed by atoms with E-state index in [0.717, 1.165) is 0 Å². The fraction of sp³-hybridized carbons (Fsp3) is 0.308. The van der Waals surface area contributed by atoms with Crippen molar-refractivity contribution < 1.29 is 14.3 Å². The van der Waals surface area contributed by atoms with E-state index in [-0.39, 0.29) is 24.3 Å². The van der Waals surface area contributed by atoms with Crippen molar-refractivity contribution in [3.63, 3.8) is 0 Å². The number of aliphatic hydroxyl groups excluding tert-OH is 1. The molecule has 1 aliphatic carbocycles. The molecule has 0 saturated heterocycles. The summed E-state index contributed by atoms with van der Waals surface area (Å²) in [7, 11) is 0. The van der Waals surface area contributed by atoms with Gasteiger partial charge in [-0.15, -0.1) is 0 Å². The molecule has 0 heterocycles. The normalized spacial score (nSPS) is 21.4. The number of anilines is 1. The van der Waals surface area contributed by atoms with Crippen molar-refractivity contribution >= 4 is 27.6 Å². The van der Waals surface area contributed by atoms with Crippen LogP contribution in [-0.2, 0) is 0 Å². The molecule has 2 amide bonds. The molecule has 0 aromatic heterocycles. The van der Waals surface area contributed by atoms with Crippen LogP contribution in [0.4, 0.5) is 14.9 Å². The minimum atomic E-state index is -0.500. The van der Waals surface area contributed by atoms with Crippen molar-refractivity contribution in [3.8, 4) is 0 Å². The molecule has 0 saturated carbocycles. The second kappa shape index (κ2) is 6.16. The van der Waals surface area contributed by atoms with E-state index in [1.54, 1.807) is 6.07 Å². The van der Waals surface area contributed by atoms with Gasteiger partial charge in [-0.2, -0.15) is 0 Å². The molecule has 2 atom stereocenters. The lowest BCUT2D eigenvalue weighted by Crippen LogP contribution is -2.36. The Morgan fingerprint density at radius 2 is 2.26 bits per heavy atom. The van der Waals surface area contributed by atoms with E-state index in [1.165, 1.54) is 12.1 Å². The molecule has 2 rings (SSSR count). The summed E-state index contributed by atoms with van der Waals surface area (Å²) in [6.45, 7) is 0.0671. The molecule has 19 heavy (non-hydrogen) atoms. The van der Waals surface area contributed by atoms with Gasteiger partial charge in [0.05, 0.1) is 5.69 Å². The van der Waals surface area contributed by atoms with Crippen LogP contribution in [0, 0.1) is 11.7 Å². The lowest BCUT2D eigenvalue weighted by Gasteiger charge is -2.14. The molecule has 0 aliphatic heterocycles. The van der Waals surface area contributed by atoms with E-state index in [4.69, 9.17) is 5.11 Å². The first kappa shape index (κ1) is 14.0. The predicted octanol–water partition coefficient (Wildman–Crippen LogP) is 2.65. The number of amides is 2. The van der Waals surface area contributed by atoms with Crippen LogP contribution in [0.1, 0.15) is 6.42 Å². The number of carbonyl (C=O) groups excluding carboxylic acids is 1. The van der Waals surface area contributed by atoms with Crippen molar-refractivity contribution in [1.82, 2.24) is 5.32 Å². The number of urea groups is 1. The van der Waals surface area contributed by atoms with Gasteiger partial charge in [-0.05, 0) is 24.6 Å². The van der Waals surface area contributed by atoms with Crippen molar-refractivity contribution in [2.45, 2.75) is 12.5 Å². The van der Waals surface area contributed by atoms with E-state index in [0.29, 0.717) is 10.9 Å².